The number of carbonyl (C=O) groups is 2. The Bertz CT molecular complexity index is 875. The highest BCUT2D eigenvalue weighted by Crippen LogP contribution is 2.24. The summed E-state index contributed by atoms with van der Waals surface area (Å²) in [7, 11) is 0. The minimum absolute atomic E-state index is 0.0108. The maximum Gasteiger partial charge on any atom is 0.322 e. The fraction of sp³-hybridized carbons (Fsp3) is 0.435. The SMILES string of the molecule is CCCC(=O)N1CCCC(Oc2ccc(NC(=O)N3Cc4ccncc4C3)cc2)C1. The number of aromatic nitrogens is 1. The summed E-state index contributed by atoms with van der Waals surface area (Å²) in [5.74, 6) is 0.964. The van der Waals surface area contributed by atoms with Gasteiger partial charge in [0.1, 0.15) is 11.9 Å². The first-order chi connectivity index (χ1) is 14.6. The highest BCUT2D eigenvalue weighted by Gasteiger charge is 2.25. The molecule has 1 atom stereocenters. The number of rotatable bonds is 5. The van der Waals surface area contributed by atoms with E-state index in [1.807, 2.05) is 48.4 Å². The first-order valence-corrected chi connectivity index (χ1v) is 10.6. The Kier molecular flexibility index (Phi) is 6.16. The van der Waals surface area contributed by atoms with Crippen molar-refractivity contribution in [3.05, 3.63) is 53.9 Å². The summed E-state index contributed by atoms with van der Waals surface area (Å²) in [5.41, 5.74) is 2.96. The average Bonchev–Trinajstić information content (AvgIpc) is 3.20. The lowest BCUT2D eigenvalue weighted by atomic mass is 10.1. The maximum absolute atomic E-state index is 12.6. The molecule has 1 saturated heterocycles. The van der Waals surface area contributed by atoms with E-state index in [1.165, 1.54) is 0 Å². The number of piperidine rings is 1. The van der Waals surface area contributed by atoms with Gasteiger partial charge in [0.05, 0.1) is 6.54 Å². The van der Waals surface area contributed by atoms with Crippen LogP contribution in [0.15, 0.2) is 42.7 Å². The zero-order valence-corrected chi connectivity index (χ0v) is 17.3. The molecule has 7 nitrogen and oxygen atoms in total. The van der Waals surface area contributed by atoms with Crippen LogP contribution in [0.2, 0.25) is 0 Å². The van der Waals surface area contributed by atoms with E-state index in [1.54, 1.807) is 11.1 Å². The molecule has 0 radical (unpaired) electrons. The van der Waals surface area contributed by atoms with Crippen LogP contribution in [0.1, 0.15) is 43.7 Å². The zero-order chi connectivity index (χ0) is 20.9. The third-order valence-electron chi connectivity index (χ3n) is 5.62. The summed E-state index contributed by atoms with van der Waals surface area (Å²) in [5, 5.41) is 2.94. The van der Waals surface area contributed by atoms with Gasteiger partial charge in [0.15, 0.2) is 0 Å². The molecule has 1 N–H and O–H groups in total. The second kappa shape index (κ2) is 9.15. The molecule has 7 heteroatoms. The predicted octanol–water partition coefficient (Wildman–Crippen LogP) is 3.80. The number of likely N-dealkylation sites (tertiary alicyclic amines) is 1. The topological polar surface area (TPSA) is 74.8 Å². The largest absolute Gasteiger partial charge is 0.489 e. The molecule has 1 unspecified atom stereocenters. The van der Waals surface area contributed by atoms with Crippen molar-refractivity contribution in [1.29, 1.82) is 0 Å². The van der Waals surface area contributed by atoms with E-state index in [2.05, 4.69) is 10.3 Å². The van der Waals surface area contributed by atoms with Crippen LogP contribution in [-0.2, 0) is 17.9 Å². The van der Waals surface area contributed by atoms with Crippen LogP contribution in [0.3, 0.4) is 0 Å². The summed E-state index contributed by atoms with van der Waals surface area (Å²) in [6.45, 7) is 4.66. The molecule has 0 bridgehead atoms. The lowest BCUT2D eigenvalue weighted by molar-refractivity contribution is -0.133. The van der Waals surface area contributed by atoms with Gasteiger partial charge in [-0.15, -0.1) is 0 Å². The number of carbonyl (C=O) groups excluding carboxylic acids is 2. The maximum atomic E-state index is 12.6. The molecule has 3 amide bonds. The first-order valence-electron chi connectivity index (χ1n) is 10.6. The smallest absolute Gasteiger partial charge is 0.322 e. The van der Waals surface area contributed by atoms with Crippen molar-refractivity contribution in [3.8, 4) is 5.75 Å². The van der Waals surface area contributed by atoms with Gasteiger partial charge in [-0.1, -0.05) is 6.92 Å². The Morgan fingerprint density at radius 1 is 1.13 bits per heavy atom. The number of hydrogen-bond acceptors (Lipinski definition) is 4. The molecule has 2 aromatic rings. The monoisotopic (exact) mass is 408 g/mol. The zero-order valence-electron chi connectivity index (χ0n) is 17.3. The molecule has 1 aromatic carbocycles. The lowest BCUT2D eigenvalue weighted by Gasteiger charge is -2.33. The van der Waals surface area contributed by atoms with Crippen molar-refractivity contribution in [2.75, 3.05) is 18.4 Å². The number of urea groups is 1. The van der Waals surface area contributed by atoms with E-state index in [4.69, 9.17) is 4.74 Å². The number of ether oxygens (including phenoxy) is 1. The van der Waals surface area contributed by atoms with Crippen molar-refractivity contribution >= 4 is 17.6 Å². The van der Waals surface area contributed by atoms with Gasteiger partial charge in [-0.25, -0.2) is 4.79 Å². The molecular formula is C23H28N4O3. The van der Waals surface area contributed by atoms with Crippen LogP contribution in [0, 0.1) is 0 Å². The van der Waals surface area contributed by atoms with E-state index >= 15 is 0 Å². The number of pyridine rings is 1. The molecule has 3 heterocycles. The van der Waals surface area contributed by atoms with Crippen molar-refractivity contribution in [2.24, 2.45) is 0 Å². The highest BCUT2D eigenvalue weighted by atomic mass is 16.5. The van der Waals surface area contributed by atoms with Crippen LogP contribution in [0.4, 0.5) is 10.5 Å². The lowest BCUT2D eigenvalue weighted by Crippen LogP contribution is -2.44. The minimum atomic E-state index is -0.128. The highest BCUT2D eigenvalue weighted by molar-refractivity contribution is 5.89. The Morgan fingerprint density at radius 3 is 2.70 bits per heavy atom. The molecule has 0 aliphatic carbocycles. The molecule has 0 saturated carbocycles. The van der Waals surface area contributed by atoms with Crippen LogP contribution in [-0.4, -0.2) is 45.9 Å². The van der Waals surface area contributed by atoms with Gasteiger partial charge in [0.25, 0.3) is 0 Å². The van der Waals surface area contributed by atoms with Crippen LogP contribution < -0.4 is 10.1 Å². The second-order valence-corrected chi connectivity index (χ2v) is 7.93. The second-order valence-electron chi connectivity index (χ2n) is 7.93. The van der Waals surface area contributed by atoms with Crippen molar-refractivity contribution < 1.29 is 14.3 Å². The molecule has 4 rings (SSSR count). The number of anilines is 1. The van der Waals surface area contributed by atoms with E-state index in [-0.39, 0.29) is 18.0 Å². The molecule has 1 fully saturated rings. The summed E-state index contributed by atoms with van der Waals surface area (Å²) in [6, 6.07) is 9.26. The Labute approximate surface area is 177 Å². The number of amides is 3. The predicted molar refractivity (Wildman–Crippen MR) is 114 cm³/mol. The van der Waals surface area contributed by atoms with Crippen LogP contribution >= 0.6 is 0 Å². The van der Waals surface area contributed by atoms with Crippen molar-refractivity contribution in [1.82, 2.24) is 14.8 Å². The van der Waals surface area contributed by atoms with E-state index in [0.717, 1.165) is 48.4 Å². The normalized spacial score (nSPS) is 18.1. The number of benzene rings is 1. The molecular weight excluding hydrogens is 380 g/mol. The molecule has 158 valence electrons. The van der Waals surface area contributed by atoms with Gasteiger partial charge in [0.2, 0.25) is 5.91 Å². The van der Waals surface area contributed by atoms with Gasteiger partial charge < -0.3 is 19.9 Å². The van der Waals surface area contributed by atoms with Crippen molar-refractivity contribution in [3.63, 3.8) is 0 Å². The quantitative estimate of drug-likeness (QED) is 0.817. The first kappa shape index (κ1) is 20.2. The number of nitrogens with zero attached hydrogens (tertiary/aromatic N) is 3. The Balaban J connectivity index is 1.29. The van der Waals surface area contributed by atoms with Gasteiger partial charge in [0, 0.05) is 44.1 Å². The minimum Gasteiger partial charge on any atom is -0.489 e. The molecule has 1 aromatic heterocycles. The van der Waals surface area contributed by atoms with Crippen LogP contribution in [0.25, 0.3) is 0 Å². The third-order valence-corrected chi connectivity index (χ3v) is 5.62. The van der Waals surface area contributed by atoms with Gasteiger partial charge in [-0.3, -0.25) is 9.78 Å². The average molecular weight is 409 g/mol. The third kappa shape index (κ3) is 4.72. The fourth-order valence-corrected chi connectivity index (χ4v) is 4.01. The summed E-state index contributed by atoms with van der Waals surface area (Å²) in [4.78, 5) is 32.5. The summed E-state index contributed by atoms with van der Waals surface area (Å²) in [6.07, 6.45) is 6.95. The number of hydrogen-bond donors (Lipinski definition) is 1. The standard InChI is InChI=1S/C23H28N4O3/c1-2-4-22(28)26-12-3-5-21(16-26)30-20-8-6-19(7-9-20)25-23(29)27-14-17-10-11-24-13-18(17)15-27/h6-11,13,21H,2-5,12,14-16H2,1H3,(H,25,29). The fourth-order valence-electron chi connectivity index (χ4n) is 4.01. The van der Waals surface area contributed by atoms with Crippen LogP contribution in [0.5, 0.6) is 5.75 Å². The van der Waals surface area contributed by atoms with Crippen molar-refractivity contribution in [2.45, 2.75) is 51.8 Å². The van der Waals surface area contributed by atoms with E-state index in [0.29, 0.717) is 26.1 Å². The van der Waals surface area contributed by atoms with E-state index in [9.17, 15) is 9.59 Å². The number of fused-ring (bicyclic) bond motifs is 1. The molecule has 2 aliphatic heterocycles. The Morgan fingerprint density at radius 2 is 1.93 bits per heavy atom. The molecule has 30 heavy (non-hydrogen) atoms. The van der Waals surface area contributed by atoms with Gasteiger partial charge in [-0.2, -0.15) is 0 Å². The van der Waals surface area contributed by atoms with Gasteiger partial charge in [-0.05, 0) is 60.7 Å². The summed E-state index contributed by atoms with van der Waals surface area (Å²) >= 11 is 0. The van der Waals surface area contributed by atoms with Gasteiger partial charge >= 0.3 is 6.03 Å². The molecule has 2 aliphatic rings. The van der Waals surface area contributed by atoms with E-state index < -0.39 is 0 Å². The number of nitrogens with one attached hydrogen (secondary N) is 1. The Hall–Kier alpha value is -3.09. The summed E-state index contributed by atoms with van der Waals surface area (Å²) < 4.78 is 6.09. The molecule has 0 spiro atoms.